The summed E-state index contributed by atoms with van der Waals surface area (Å²) in [5.41, 5.74) is 2.02. The predicted octanol–water partition coefficient (Wildman–Crippen LogP) is 3.12. The van der Waals surface area contributed by atoms with Gasteiger partial charge in [-0.2, -0.15) is 0 Å². The first-order chi connectivity index (χ1) is 7.50. The Morgan fingerprint density at radius 1 is 1.50 bits per heavy atom. The normalized spacial score (nSPS) is 10.3. The molecule has 1 N–H and O–H groups in total. The van der Waals surface area contributed by atoms with E-state index in [0.29, 0.717) is 0 Å². The number of anilines is 1. The zero-order valence-electron chi connectivity index (χ0n) is 9.71. The molecule has 1 rings (SSSR count). The van der Waals surface area contributed by atoms with Crippen LogP contribution in [0.25, 0.3) is 0 Å². The van der Waals surface area contributed by atoms with E-state index in [-0.39, 0.29) is 18.6 Å². The largest absolute Gasteiger partial charge is 0.462 e. The second kappa shape index (κ2) is 5.89. The Labute approximate surface area is 104 Å². The van der Waals surface area contributed by atoms with E-state index in [0.717, 1.165) is 15.7 Å². The fourth-order valence-corrected chi connectivity index (χ4v) is 1.64. The number of hydrogen-bond donors (Lipinski definition) is 1. The van der Waals surface area contributed by atoms with Gasteiger partial charge in [0.2, 0.25) is 0 Å². The Bertz CT molecular complexity index is 377. The summed E-state index contributed by atoms with van der Waals surface area (Å²) in [5, 5.41) is 3.05. The summed E-state index contributed by atoms with van der Waals surface area (Å²) < 4.78 is 6.05. The van der Waals surface area contributed by atoms with Gasteiger partial charge in [0.05, 0.1) is 6.10 Å². The van der Waals surface area contributed by atoms with E-state index in [4.69, 9.17) is 4.74 Å². The SMILES string of the molecule is Cc1c(Br)cccc1NCC(=O)OC(C)C. The van der Waals surface area contributed by atoms with Gasteiger partial charge in [-0.1, -0.05) is 22.0 Å². The first-order valence-electron chi connectivity index (χ1n) is 5.19. The van der Waals surface area contributed by atoms with Crippen molar-refractivity contribution >= 4 is 27.6 Å². The monoisotopic (exact) mass is 285 g/mol. The number of benzene rings is 1. The lowest BCUT2D eigenvalue weighted by molar-refractivity contribution is -0.145. The van der Waals surface area contributed by atoms with Crippen molar-refractivity contribution in [2.24, 2.45) is 0 Å². The maximum absolute atomic E-state index is 11.3. The van der Waals surface area contributed by atoms with Gasteiger partial charge in [0.25, 0.3) is 0 Å². The summed E-state index contributed by atoms with van der Waals surface area (Å²) in [4.78, 5) is 11.3. The molecule has 0 aliphatic rings. The van der Waals surface area contributed by atoms with Crippen molar-refractivity contribution in [3.05, 3.63) is 28.2 Å². The molecule has 0 aliphatic carbocycles. The van der Waals surface area contributed by atoms with E-state index in [2.05, 4.69) is 21.2 Å². The number of esters is 1. The van der Waals surface area contributed by atoms with Crippen molar-refractivity contribution in [1.29, 1.82) is 0 Å². The van der Waals surface area contributed by atoms with E-state index in [1.807, 2.05) is 39.0 Å². The molecule has 16 heavy (non-hydrogen) atoms. The maximum atomic E-state index is 11.3. The topological polar surface area (TPSA) is 38.3 Å². The second-order valence-corrected chi connectivity index (χ2v) is 4.66. The Morgan fingerprint density at radius 3 is 2.81 bits per heavy atom. The highest BCUT2D eigenvalue weighted by molar-refractivity contribution is 9.10. The third kappa shape index (κ3) is 3.85. The van der Waals surface area contributed by atoms with Crippen LogP contribution in [0.4, 0.5) is 5.69 Å². The Balaban J connectivity index is 2.55. The number of ether oxygens (including phenoxy) is 1. The van der Waals surface area contributed by atoms with Crippen LogP contribution in [0.15, 0.2) is 22.7 Å². The number of carbonyl (C=O) groups excluding carboxylic acids is 1. The zero-order valence-corrected chi connectivity index (χ0v) is 11.3. The molecule has 0 spiro atoms. The lowest BCUT2D eigenvalue weighted by atomic mass is 10.2. The minimum absolute atomic E-state index is 0.0714. The van der Waals surface area contributed by atoms with Gasteiger partial charge in [-0.3, -0.25) is 4.79 Å². The van der Waals surface area contributed by atoms with Gasteiger partial charge in [0.15, 0.2) is 0 Å². The molecule has 0 atom stereocenters. The van der Waals surface area contributed by atoms with Gasteiger partial charge in [0, 0.05) is 10.2 Å². The van der Waals surface area contributed by atoms with Gasteiger partial charge in [0.1, 0.15) is 6.54 Å². The van der Waals surface area contributed by atoms with Crippen molar-refractivity contribution in [2.75, 3.05) is 11.9 Å². The molecular formula is C12H16BrNO2. The summed E-state index contributed by atoms with van der Waals surface area (Å²) in [7, 11) is 0. The fourth-order valence-electron chi connectivity index (χ4n) is 1.27. The van der Waals surface area contributed by atoms with Crippen molar-refractivity contribution in [3.8, 4) is 0 Å². The number of hydrogen-bond acceptors (Lipinski definition) is 3. The van der Waals surface area contributed by atoms with E-state index in [1.165, 1.54) is 0 Å². The molecule has 4 heteroatoms. The van der Waals surface area contributed by atoms with E-state index < -0.39 is 0 Å². The highest BCUT2D eigenvalue weighted by atomic mass is 79.9. The Hall–Kier alpha value is -1.03. The third-order valence-corrected chi connectivity index (χ3v) is 2.92. The van der Waals surface area contributed by atoms with E-state index >= 15 is 0 Å². The first-order valence-corrected chi connectivity index (χ1v) is 5.98. The van der Waals surface area contributed by atoms with Crippen LogP contribution >= 0.6 is 15.9 Å². The summed E-state index contributed by atoms with van der Waals surface area (Å²) >= 11 is 3.44. The van der Waals surface area contributed by atoms with Crippen LogP contribution in [0, 0.1) is 6.92 Å². The minimum Gasteiger partial charge on any atom is -0.462 e. The molecule has 3 nitrogen and oxygen atoms in total. The predicted molar refractivity (Wildman–Crippen MR) is 68.6 cm³/mol. The molecule has 0 unspecified atom stereocenters. The van der Waals surface area contributed by atoms with Crippen LogP contribution in [0.3, 0.4) is 0 Å². The lowest BCUT2D eigenvalue weighted by Crippen LogP contribution is -2.20. The molecule has 0 amide bonds. The van der Waals surface area contributed by atoms with Crippen molar-refractivity contribution in [2.45, 2.75) is 26.9 Å². The Kier molecular flexibility index (Phi) is 4.80. The second-order valence-electron chi connectivity index (χ2n) is 3.80. The smallest absolute Gasteiger partial charge is 0.325 e. The summed E-state index contributed by atoms with van der Waals surface area (Å²) in [6, 6.07) is 5.82. The molecular weight excluding hydrogens is 270 g/mol. The van der Waals surface area contributed by atoms with Gasteiger partial charge in [-0.15, -0.1) is 0 Å². The molecule has 0 fully saturated rings. The van der Waals surface area contributed by atoms with Gasteiger partial charge in [-0.25, -0.2) is 0 Å². The van der Waals surface area contributed by atoms with Crippen LogP contribution in [0.1, 0.15) is 19.4 Å². The molecule has 1 aromatic rings. The summed E-state index contributed by atoms with van der Waals surface area (Å²) in [6.07, 6.45) is -0.0714. The van der Waals surface area contributed by atoms with E-state index in [1.54, 1.807) is 0 Å². The molecule has 0 radical (unpaired) electrons. The molecule has 0 aromatic heterocycles. The summed E-state index contributed by atoms with van der Waals surface area (Å²) in [6.45, 7) is 5.85. The average Bonchev–Trinajstić information content (AvgIpc) is 2.19. The molecule has 1 aromatic carbocycles. The van der Waals surface area contributed by atoms with Crippen molar-refractivity contribution in [1.82, 2.24) is 0 Å². The molecule has 88 valence electrons. The number of rotatable bonds is 4. The zero-order chi connectivity index (χ0) is 12.1. The van der Waals surface area contributed by atoms with Gasteiger partial charge < -0.3 is 10.1 Å². The number of halogens is 1. The van der Waals surface area contributed by atoms with Crippen LogP contribution < -0.4 is 5.32 Å². The first kappa shape index (κ1) is 13.0. The highest BCUT2D eigenvalue weighted by Gasteiger charge is 2.06. The molecule has 0 bridgehead atoms. The Morgan fingerprint density at radius 2 is 2.19 bits per heavy atom. The summed E-state index contributed by atoms with van der Waals surface area (Å²) in [5.74, 6) is -0.241. The van der Waals surface area contributed by atoms with Crippen LogP contribution in [0.5, 0.6) is 0 Å². The fraction of sp³-hybridized carbons (Fsp3) is 0.417. The van der Waals surface area contributed by atoms with Crippen molar-refractivity contribution in [3.63, 3.8) is 0 Å². The van der Waals surface area contributed by atoms with Crippen molar-refractivity contribution < 1.29 is 9.53 Å². The standard InChI is InChI=1S/C12H16BrNO2/c1-8(2)16-12(15)7-14-11-6-4-5-10(13)9(11)3/h4-6,8,14H,7H2,1-3H3. The van der Waals surface area contributed by atoms with Crippen LogP contribution in [0.2, 0.25) is 0 Å². The van der Waals surface area contributed by atoms with Gasteiger partial charge >= 0.3 is 5.97 Å². The van der Waals surface area contributed by atoms with E-state index in [9.17, 15) is 4.79 Å². The molecule has 0 heterocycles. The lowest BCUT2D eigenvalue weighted by Gasteiger charge is -2.11. The third-order valence-electron chi connectivity index (χ3n) is 2.06. The van der Waals surface area contributed by atoms with Crippen LogP contribution in [-0.4, -0.2) is 18.6 Å². The maximum Gasteiger partial charge on any atom is 0.325 e. The molecule has 0 saturated carbocycles. The quantitative estimate of drug-likeness (QED) is 0.864. The van der Waals surface area contributed by atoms with Gasteiger partial charge in [-0.05, 0) is 38.5 Å². The van der Waals surface area contributed by atoms with Crippen LogP contribution in [-0.2, 0) is 9.53 Å². The molecule has 0 saturated heterocycles. The molecule has 0 aliphatic heterocycles. The minimum atomic E-state index is -0.241. The number of carbonyl (C=O) groups is 1. The average molecular weight is 286 g/mol. The number of nitrogens with one attached hydrogen (secondary N) is 1. The highest BCUT2D eigenvalue weighted by Crippen LogP contribution is 2.23.